The second-order valence-corrected chi connectivity index (χ2v) is 5.96. The number of aryl methyl sites for hydroxylation is 1. The van der Waals surface area contributed by atoms with Gasteiger partial charge >= 0.3 is 0 Å². The number of rotatable bonds is 6. The molecule has 21 heavy (non-hydrogen) atoms. The molecule has 2 rings (SSSR count). The van der Waals surface area contributed by atoms with E-state index in [0.29, 0.717) is 18.6 Å². The maximum Gasteiger partial charge on any atom is 0.251 e. The van der Waals surface area contributed by atoms with E-state index in [1.54, 1.807) is 0 Å². The van der Waals surface area contributed by atoms with Gasteiger partial charge in [0.15, 0.2) is 0 Å². The summed E-state index contributed by atoms with van der Waals surface area (Å²) in [6, 6.07) is 6.87. The lowest BCUT2D eigenvalue weighted by molar-refractivity contribution is 0.0956. The predicted octanol–water partition coefficient (Wildman–Crippen LogP) is 2.69. The van der Waals surface area contributed by atoms with Crippen molar-refractivity contribution in [2.24, 2.45) is 0 Å². The van der Waals surface area contributed by atoms with Crippen LogP contribution in [0.3, 0.4) is 0 Å². The average Bonchev–Trinajstić information content (AvgIpc) is 2.94. The topological polar surface area (TPSA) is 53.2 Å². The lowest BCUT2D eigenvalue weighted by Gasteiger charge is -2.21. The summed E-state index contributed by atoms with van der Waals surface area (Å²) in [5.41, 5.74) is 2.95. The number of hydrogen-bond acceptors (Lipinski definition) is 3. The van der Waals surface area contributed by atoms with E-state index in [-0.39, 0.29) is 5.91 Å². The summed E-state index contributed by atoms with van der Waals surface area (Å²) in [6.07, 6.45) is 3.66. The first-order valence-corrected chi connectivity index (χ1v) is 7.99. The largest absolute Gasteiger partial charge is 0.382 e. The molecule has 1 aliphatic heterocycles. The molecule has 1 aliphatic rings. The third kappa shape index (κ3) is 4.46. The van der Waals surface area contributed by atoms with Crippen LogP contribution in [0.2, 0.25) is 0 Å². The average molecular weight is 289 g/mol. The molecule has 1 saturated heterocycles. The zero-order valence-corrected chi connectivity index (χ0v) is 13.3. The van der Waals surface area contributed by atoms with E-state index < -0.39 is 0 Å². The fourth-order valence-electron chi connectivity index (χ4n) is 2.89. The molecule has 116 valence electrons. The van der Waals surface area contributed by atoms with Gasteiger partial charge in [-0.05, 0) is 64.3 Å². The van der Waals surface area contributed by atoms with Gasteiger partial charge in [0.1, 0.15) is 0 Å². The molecule has 4 nitrogen and oxygen atoms in total. The van der Waals surface area contributed by atoms with E-state index in [0.717, 1.165) is 24.2 Å². The number of amides is 1. The molecule has 1 fully saturated rings. The molecule has 0 spiro atoms. The summed E-state index contributed by atoms with van der Waals surface area (Å²) in [7, 11) is 0. The molecule has 0 saturated carbocycles. The molecule has 0 bridgehead atoms. The molecule has 0 aliphatic carbocycles. The lowest BCUT2D eigenvalue weighted by Crippen LogP contribution is -2.29. The van der Waals surface area contributed by atoms with Crippen molar-refractivity contribution in [3.05, 3.63) is 29.3 Å². The summed E-state index contributed by atoms with van der Waals surface area (Å²) < 4.78 is 0. The molecule has 1 aromatic rings. The first-order chi connectivity index (χ1) is 10.1. The van der Waals surface area contributed by atoms with Crippen LogP contribution in [-0.2, 0) is 0 Å². The van der Waals surface area contributed by atoms with Gasteiger partial charge in [0.05, 0.1) is 0 Å². The highest BCUT2D eigenvalue weighted by Gasteiger charge is 2.17. The van der Waals surface area contributed by atoms with Crippen LogP contribution in [0.25, 0.3) is 0 Å². The van der Waals surface area contributed by atoms with Crippen LogP contribution in [0.1, 0.15) is 49.0 Å². The highest BCUT2D eigenvalue weighted by Crippen LogP contribution is 2.20. The van der Waals surface area contributed by atoms with E-state index in [1.807, 2.05) is 25.1 Å². The zero-order valence-electron chi connectivity index (χ0n) is 13.3. The molecular weight excluding hydrogens is 262 g/mol. The molecular formula is C17H27N3O. The number of carbonyl (C=O) groups excluding carboxylic acids is 1. The Morgan fingerprint density at radius 3 is 2.95 bits per heavy atom. The van der Waals surface area contributed by atoms with Crippen LogP contribution >= 0.6 is 0 Å². The van der Waals surface area contributed by atoms with Crippen molar-refractivity contribution in [3.63, 3.8) is 0 Å². The second-order valence-electron chi connectivity index (χ2n) is 5.96. The highest BCUT2D eigenvalue weighted by molar-refractivity contribution is 5.95. The highest BCUT2D eigenvalue weighted by atomic mass is 16.1. The Kier molecular flexibility index (Phi) is 5.62. The fourth-order valence-corrected chi connectivity index (χ4v) is 2.89. The van der Waals surface area contributed by atoms with E-state index in [1.165, 1.54) is 18.4 Å². The normalized spacial score (nSPS) is 19.3. The summed E-state index contributed by atoms with van der Waals surface area (Å²) in [4.78, 5) is 11.9. The summed E-state index contributed by atoms with van der Waals surface area (Å²) >= 11 is 0. The molecule has 1 amide bonds. The summed E-state index contributed by atoms with van der Waals surface area (Å²) in [6.45, 7) is 8.01. The van der Waals surface area contributed by atoms with Crippen molar-refractivity contribution in [2.45, 2.75) is 52.1 Å². The van der Waals surface area contributed by atoms with E-state index in [4.69, 9.17) is 0 Å². The van der Waals surface area contributed by atoms with Gasteiger partial charge in [-0.3, -0.25) is 4.79 Å². The minimum atomic E-state index is -0.00865. The Morgan fingerprint density at radius 1 is 1.48 bits per heavy atom. The summed E-state index contributed by atoms with van der Waals surface area (Å²) in [5.74, 6) is -0.00865. The van der Waals surface area contributed by atoms with Crippen molar-refractivity contribution < 1.29 is 4.79 Å². The number of carbonyl (C=O) groups is 1. The zero-order chi connectivity index (χ0) is 15.2. The van der Waals surface area contributed by atoms with E-state index in [2.05, 4.69) is 29.8 Å². The minimum absolute atomic E-state index is 0.00865. The molecule has 1 heterocycles. The Bertz CT molecular complexity index is 481. The maximum atomic E-state index is 11.9. The Hall–Kier alpha value is -1.55. The van der Waals surface area contributed by atoms with Gasteiger partial charge in [-0.2, -0.15) is 0 Å². The number of hydrogen-bond donors (Lipinski definition) is 3. The summed E-state index contributed by atoms with van der Waals surface area (Å²) in [5, 5.41) is 9.93. The Morgan fingerprint density at radius 2 is 2.29 bits per heavy atom. The monoisotopic (exact) mass is 289 g/mol. The van der Waals surface area contributed by atoms with Gasteiger partial charge in [0.25, 0.3) is 5.91 Å². The minimum Gasteiger partial charge on any atom is -0.382 e. The molecule has 0 radical (unpaired) electrons. The SMILES string of the molecule is CCNC(=O)c1ccc(C)c(NC(C)CC2CCCN2)c1. The van der Waals surface area contributed by atoms with Crippen molar-refractivity contribution in [3.8, 4) is 0 Å². The number of anilines is 1. The number of nitrogens with one attached hydrogen (secondary N) is 3. The van der Waals surface area contributed by atoms with Crippen LogP contribution in [0.4, 0.5) is 5.69 Å². The van der Waals surface area contributed by atoms with Crippen LogP contribution in [0.5, 0.6) is 0 Å². The second kappa shape index (κ2) is 7.46. The first-order valence-electron chi connectivity index (χ1n) is 7.99. The molecule has 3 N–H and O–H groups in total. The standard InChI is InChI=1S/C17H27N3O/c1-4-18-17(21)14-8-7-12(2)16(11-14)20-13(3)10-15-6-5-9-19-15/h7-8,11,13,15,19-20H,4-6,9-10H2,1-3H3,(H,18,21). The Labute approximate surface area is 127 Å². The van der Waals surface area contributed by atoms with Crippen molar-refractivity contribution in [2.75, 3.05) is 18.4 Å². The van der Waals surface area contributed by atoms with Gasteiger partial charge in [0.2, 0.25) is 0 Å². The van der Waals surface area contributed by atoms with Gasteiger partial charge in [-0.25, -0.2) is 0 Å². The lowest BCUT2D eigenvalue weighted by atomic mass is 10.0. The fraction of sp³-hybridized carbons (Fsp3) is 0.588. The van der Waals surface area contributed by atoms with Crippen LogP contribution in [0, 0.1) is 6.92 Å². The van der Waals surface area contributed by atoms with Crippen molar-refractivity contribution in [1.29, 1.82) is 0 Å². The maximum absolute atomic E-state index is 11.9. The third-order valence-corrected chi connectivity index (χ3v) is 4.04. The molecule has 2 unspecified atom stereocenters. The van der Waals surface area contributed by atoms with Gasteiger partial charge < -0.3 is 16.0 Å². The number of benzene rings is 1. The van der Waals surface area contributed by atoms with Crippen molar-refractivity contribution >= 4 is 11.6 Å². The van der Waals surface area contributed by atoms with Crippen LogP contribution < -0.4 is 16.0 Å². The van der Waals surface area contributed by atoms with Crippen molar-refractivity contribution in [1.82, 2.24) is 10.6 Å². The van der Waals surface area contributed by atoms with Gasteiger partial charge in [0, 0.05) is 29.9 Å². The van der Waals surface area contributed by atoms with E-state index >= 15 is 0 Å². The third-order valence-electron chi connectivity index (χ3n) is 4.04. The van der Waals surface area contributed by atoms with E-state index in [9.17, 15) is 4.79 Å². The Balaban J connectivity index is 2.00. The molecule has 1 aromatic carbocycles. The van der Waals surface area contributed by atoms with Gasteiger partial charge in [-0.15, -0.1) is 0 Å². The predicted molar refractivity (Wildman–Crippen MR) is 87.9 cm³/mol. The van der Waals surface area contributed by atoms with Crippen LogP contribution in [-0.4, -0.2) is 31.1 Å². The molecule has 2 atom stereocenters. The quantitative estimate of drug-likeness (QED) is 0.754. The smallest absolute Gasteiger partial charge is 0.251 e. The first kappa shape index (κ1) is 15.8. The van der Waals surface area contributed by atoms with Gasteiger partial charge in [-0.1, -0.05) is 6.07 Å². The molecule has 4 heteroatoms. The van der Waals surface area contributed by atoms with Crippen LogP contribution in [0.15, 0.2) is 18.2 Å². The molecule has 0 aromatic heterocycles.